The van der Waals surface area contributed by atoms with Crippen LogP contribution >= 0.6 is 0 Å². The van der Waals surface area contributed by atoms with E-state index in [0.717, 1.165) is 16.3 Å². The summed E-state index contributed by atoms with van der Waals surface area (Å²) in [6, 6.07) is 10.2. The van der Waals surface area contributed by atoms with Crippen LogP contribution < -0.4 is 5.43 Å². The molecule has 0 atom stereocenters. The van der Waals surface area contributed by atoms with Crippen LogP contribution in [-0.2, 0) is 11.2 Å². The summed E-state index contributed by atoms with van der Waals surface area (Å²) < 4.78 is 47.9. The number of aryl methyl sites for hydroxylation is 1. The average molecular weight is 401 g/mol. The molecule has 1 aromatic heterocycles. The van der Waals surface area contributed by atoms with Crippen molar-refractivity contribution in [2.45, 2.75) is 19.8 Å². The van der Waals surface area contributed by atoms with Gasteiger partial charge < -0.3 is 9.30 Å². The van der Waals surface area contributed by atoms with Gasteiger partial charge in [-0.25, -0.2) is 18.0 Å². The Morgan fingerprint density at radius 3 is 2.55 bits per heavy atom. The fourth-order valence-electron chi connectivity index (χ4n) is 2.97. The van der Waals surface area contributed by atoms with Gasteiger partial charge in [0.05, 0.1) is 17.5 Å². The smallest absolute Gasteiger partial charge is 0.343 e. The van der Waals surface area contributed by atoms with Crippen molar-refractivity contribution in [3.63, 3.8) is 0 Å². The van der Waals surface area contributed by atoms with Crippen molar-refractivity contribution in [2.75, 3.05) is 6.61 Å². The van der Waals surface area contributed by atoms with E-state index in [-0.39, 0.29) is 6.61 Å². The van der Waals surface area contributed by atoms with Gasteiger partial charge in [-0.1, -0.05) is 36.4 Å². The maximum atomic E-state index is 14.4. The second-order valence-corrected chi connectivity index (χ2v) is 6.29. The van der Waals surface area contributed by atoms with Gasteiger partial charge in [0.1, 0.15) is 5.56 Å². The molecule has 0 amide bonds. The van der Waals surface area contributed by atoms with Crippen molar-refractivity contribution < 1.29 is 22.7 Å². The van der Waals surface area contributed by atoms with E-state index < -0.39 is 45.3 Å². The maximum Gasteiger partial charge on any atom is 0.343 e. The minimum Gasteiger partial charge on any atom is -0.462 e. The topological polar surface area (TPSA) is 48.3 Å². The standard InChI is InChI=1S/C22H18F3NO3/c1-2-29-22(28)16-13-26(11-7-6-10-14-8-4-3-5-9-14)20-15(21(16)27)12-17(23)18(24)19(20)25/h3-5,7-9,11-13H,2,6,10H2,1H3. The first-order valence-electron chi connectivity index (χ1n) is 9.04. The number of pyridine rings is 1. The highest BCUT2D eigenvalue weighted by Gasteiger charge is 2.22. The molecule has 3 aromatic rings. The summed E-state index contributed by atoms with van der Waals surface area (Å²) >= 11 is 0. The molecule has 0 aliphatic rings. The number of hydrogen-bond acceptors (Lipinski definition) is 3. The number of aromatic nitrogens is 1. The van der Waals surface area contributed by atoms with Gasteiger partial charge in [0.2, 0.25) is 5.43 Å². The van der Waals surface area contributed by atoms with Gasteiger partial charge in [-0.3, -0.25) is 4.79 Å². The fraction of sp³-hybridized carbons (Fsp3) is 0.182. The molecule has 0 unspecified atom stereocenters. The Kier molecular flexibility index (Phi) is 6.16. The average Bonchev–Trinajstić information content (AvgIpc) is 2.72. The Bertz CT molecular complexity index is 1140. The zero-order chi connectivity index (χ0) is 21.0. The van der Waals surface area contributed by atoms with Gasteiger partial charge in [-0.2, -0.15) is 0 Å². The van der Waals surface area contributed by atoms with E-state index >= 15 is 0 Å². The van der Waals surface area contributed by atoms with E-state index in [1.165, 1.54) is 6.20 Å². The predicted molar refractivity (Wildman–Crippen MR) is 104 cm³/mol. The normalized spacial score (nSPS) is 11.3. The van der Waals surface area contributed by atoms with Gasteiger partial charge >= 0.3 is 5.97 Å². The zero-order valence-corrected chi connectivity index (χ0v) is 15.6. The van der Waals surface area contributed by atoms with Gasteiger partial charge in [0.25, 0.3) is 0 Å². The molecule has 0 bridgehead atoms. The molecule has 150 valence electrons. The number of fused-ring (bicyclic) bond motifs is 1. The number of allylic oxidation sites excluding steroid dienone is 1. The first kappa shape index (κ1) is 20.4. The second kappa shape index (κ2) is 8.77. The SMILES string of the molecule is CCOC(=O)c1cn(C=CCCc2ccccc2)c2c(F)c(F)c(F)cc2c1=O. The van der Waals surface area contributed by atoms with E-state index in [9.17, 15) is 22.8 Å². The summed E-state index contributed by atoms with van der Waals surface area (Å²) in [7, 11) is 0. The Labute approximate surface area is 164 Å². The van der Waals surface area contributed by atoms with Crippen molar-refractivity contribution in [1.29, 1.82) is 0 Å². The van der Waals surface area contributed by atoms with Gasteiger partial charge in [0.15, 0.2) is 17.5 Å². The van der Waals surface area contributed by atoms with Crippen LogP contribution in [0.5, 0.6) is 0 Å². The van der Waals surface area contributed by atoms with Crippen molar-refractivity contribution in [3.8, 4) is 0 Å². The van der Waals surface area contributed by atoms with Crippen LogP contribution in [0.15, 0.2) is 53.5 Å². The third kappa shape index (κ3) is 4.23. The molecular weight excluding hydrogens is 383 g/mol. The van der Waals surface area contributed by atoms with Gasteiger partial charge in [-0.15, -0.1) is 0 Å². The van der Waals surface area contributed by atoms with Crippen molar-refractivity contribution in [3.05, 3.63) is 87.5 Å². The molecule has 3 rings (SSSR count). The van der Waals surface area contributed by atoms with E-state index in [1.54, 1.807) is 13.0 Å². The number of halogens is 3. The van der Waals surface area contributed by atoms with E-state index in [4.69, 9.17) is 4.74 Å². The summed E-state index contributed by atoms with van der Waals surface area (Å²) in [5.41, 5.74) is -0.672. The number of hydrogen-bond donors (Lipinski definition) is 0. The highest BCUT2D eigenvalue weighted by molar-refractivity contribution is 5.94. The number of carbonyl (C=O) groups is 1. The quantitative estimate of drug-likeness (QED) is 0.444. The summed E-state index contributed by atoms with van der Waals surface area (Å²) in [6.07, 6.45) is 5.44. The third-order valence-corrected chi connectivity index (χ3v) is 4.36. The van der Waals surface area contributed by atoms with Crippen LogP contribution in [0.25, 0.3) is 17.1 Å². The summed E-state index contributed by atoms with van der Waals surface area (Å²) in [5, 5.41) is -0.445. The first-order valence-corrected chi connectivity index (χ1v) is 9.04. The molecule has 1 heterocycles. The second-order valence-electron chi connectivity index (χ2n) is 6.29. The van der Waals surface area contributed by atoms with Crippen LogP contribution in [0, 0.1) is 17.5 Å². The first-order chi connectivity index (χ1) is 13.9. The molecule has 0 saturated carbocycles. The van der Waals surface area contributed by atoms with Crippen molar-refractivity contribution in [2.24, 2.45) is 0 Å². The molecule has 0 aliphatic carbocycles. The lowest BCUT2D eigenvalue weighted by molar-refractivity contribution is 0.0524. The molecule has 0 spiro atoms. The fourth-order valence-corrected chi connectivity index (χ4v) is 2.97. The minimum absolute atomic E-state index is 0.0232. The Morgan fingerprint density at radius 1 is 1.14 bits per heavy atom. The van der Waals surface area contributed by atoms with Crippen LogP contribution in [0.3, 0.4) is 0 Å². The summed E-state index contributed by atoms with van der Waals surface area (Å²) in [4.78, 5) is 24.6. The van der Waals surface area contributed by atoms with Gasteiger partial charge in [-0.05, 0) is 31.4 Å². The number of ether oxygens (including phenoxy) is 1. The molecule has 4 nitrogen and oxygen atoms in total. The molecule has 0 aliphatic heterocycles. The third-order valence-electron chi connectivity index (χ3n) is 4.36. The lowest BCUT2D eigenvalue weighted by Crippen LogP contribution is -2.21. The Hall–Kier alpha value is -3.35. The minimum atomic E-state index is -1.69. The van der Waals surface area contributed by atoms with Crippen molar-refractivity contribution >= 4 is 23.1 Å². The van der Waals surface area contributed by atoms with Crippen LogP contribution in [0.1, 0.15) is 29.3 Å². The molecule has 2 aromatic carbocycles. The molecule has 0 N–H and O–H groups in total. The lowest BCUT2D eigenvalue weighted by atomic mass is 10.1. The Balaban J connectivity index is 2.07. The lowest BCUT2D eigenvalue weighted by Gasteiger charge is -2.11. The largest absolute Gasteiger partial charge is 0.462 e. The number of esters is 1. The highest BCUT2D eigenvalue weighted by atomic mass is 19.2. The molecule has 0 fully saturated rings. The number of benzene rings is 2. The van der Waals surface area contributed by atoms with Crippen LogP contribution in [0.4, 0.5) is 13.2 Å². The number of carbonyl (C=O) groups excluding carboxylic acids is 1. The molecule has 0 saturated heterocycles. The molecular formula is C22H18F3NO3. The highest BCUT2D eigenvalue weighted by Crippen LogP contribution is 2.22. The monoisotopic (exact) mass is 401 g/mol. The van der Waals surface area contributed by atoms with E-state index in [0.29, 0.717) is 18.9 Å². The predicted octanol–water partition coefficient (Wildman–Crippen LogP) is 4.70. The van der Waals surface area contributed by atoms with Crippen LogP contribution in [0.2, 0.25) is 0 Å². The Morgan fingerprint density at radius 2 is 1.86 bits per heavy atom. The summed E-state index contributed by atoms with van der Waals surface area (Å²) in [5.74, 6) is -5.61. The molecule has 29 heavy (non-hydrogen) atoms. The molecule has 0 radical (unpaired) electrons. The number of nitrogens with zero attached hydrogens (tertiary/aromatic N) is 1. The molecule has 7 heteroatoms. The van der Waals surface area contributed by atoms with E-state index in [1.807, 2.05) is 30.3 Å². The van der Waals surface area contributed by atoms with Gasteiger partial charge in [0, 0.05) is 12.4 Å². The summed E-state index contributed by atoms with van der Waals surface area (Å²) in [6.45, 7) is 1.59. The van der Waals surface area contributed by atoms with Crippen molar-refractivity contribution in [1.82, 2.24) is 4.57 Å². The van der Waals surface area contributed by atoms with E-state index in [2.05, 4.69) is 0 Å². The zero-order valence-electron chi connectivity index (χ0n) is 15.6. The number of rotatable bonds is 6. The maximum absolute atomic E-state index is 14.4. The van der Waals surface area contributed by atoms with Crippen LogP contribution in [-0.4, -0.2) is 17.1 Å².